The molecule has 29 heavy (non-hydrogen) atoms. The van der Waals surface area contributed by atoms with Crippen LogP contribution in [0.5, 0.6) is 0 Å². The van der Waals surface area contributed by atoms with E-state index < -0.39 is 16.6 Å². The molecule has 0 aliphatic carbocycles. The molecular formula is C21H20N4O4. The second kappa shape index (κ2) is 7.38. The highest BCUT2D eigenvalue weighted by molar-refractivity contribution is 6.45. The minimum Gasteiger partial charge on any atom is -0.368 e. The molecule has 8 nitrogen and oxygen atoms in total. The summed E-state index contributed by atoms with van der Waals surface area (Å²) in [6, 6.07) is 13.9. The number of piperazine rings is 1. The summed E-state index contributed by atoms with van der Waals surface area (Å²) in [5.74, 6) is -1.03. The quantitative estimate of drug-likeness (QED) is 0.318. The van der Waals surface area contributed by atoms with E-state index in [1.165, 1.54) is 12.1 Å². The van der Waals surface area contributed by atoms with Crippen molar-refractivity contribution in [2.24, 2.45) is 0 Å². The van der Waals surface area contributed by atoms with Crippen LogP contribution in [0.2, 0.25) is 0 Å². The Kier molecular flexibility index (Phi) is 4.75. The fraction of sp³-hybridized carbons (Fsp3) is 0.238. The number of nitrogens with zero attached hydrogens (tertiary/aromatic N) is 3. The average molecular weight is 392 g/mol. The molecule has 0 bridgehead atoms. The van der Waals surface area contributed by atoms with E-state index in [4.69, 9.17) is 0 Å². The molecule has 0 unspecified atom stereocenters. The highest BCUT2D eigenvalue weighted by Crippen LogP contribution is 2.25. The molecule has 1 aliphatic rings. The number of benzene rings is 2. The molecule has 1 fully saturated rings. The lowest BCUT2D eigenvalue weighted by Crippen LogP contribution is -2.50. The van der Waals surface area contributed by atoms with Crippen molar-refractivity contribution >= 4 is 34.0 Å². The maximum atomic E-state index is 12.9. The molecule has 4 rings (SSSR count). The average Bonchev–Trinajstić information content (AvgIpc) is 3.08. The van der Waals surface area contributed by atoms with Crippen LogP contribution in [0, 0.1) is 17.0 Å². The van der Waals surface area contributed by atoms with E-state index in [0.29, 0.717) is 37.4 Å². The summed E-state index contributed by atoms with van der Waals surface area (Å²) in [5.41, 5.74) is 2.71. The molecule has 2 aromatic carbocycles. The first kappa shape index (κ1) is 18.7. The number of rotatable bonds is 4. The number of aromatic nitrogens is 1. The van der Waals surface area contributed by atoms with Crippen LogP contribution in [0.15, 0.2) is 48.5 Å². The number of hydrogen-bond donors (Lipinski definition) is 1. The number of hydrogen-bond acceptors (Lipinski definition) is 5. The van der Waals surface area contributed by atoms with Gasteiger partial charge in [0.25, 0.3) is 17.4 Å². The van der Waals surface area contributed by atoms with E-state index in [9.17, 15) is 19.7 Å². The molecule has 0 saturated carbocycles. The van der Waals surface area contributed by atoms with Crippen LogP contribution < -0.4 is 4.90 Å². The van der Waals surface area contributed by atoms with E-state index in [-0.39, 0.29) is 5.69 Å². The Morgan fingerprint density at radius 2 is 1.76 bits per heavy atom. The maximum absolute atomic E-state index is 12.9. The second-order valence-corrected chi connectivity index (χ2v) is 7.06. The van der Waals surface area contributed by atoms with Gasteiger partial charge >= 0.3 is 0 Å². The number of amides is 1. The third-order valence-electron chi connectivity index (χ3n) is 5.29. The highest BCUT2D eigenvalue weighted by Gasteiger charge is 2.29. The van der Waals surface area contributed by atoms with Gasteiger partial charge in [0.2, 0.25) is 0 Å². The van der Waals surface area contributed by atoms with Gasteiger partial charge in [0.05, 0.1) is 10.5 Å². The molecule has 1 N–H and O–H groups in total. The molecule has 0 radical (unpaired) electrons. The predicted molar refractivity (Wildman–Crippen MR) is 109 cm³/mol. The predicted octanol–water partition coefficient (Wildman–Crippen LogP) is 2.92. The Balaban J connectivity index is 1.48. The number of para-hydroxylation sites is 1. The van der Waals surface area contributed by atoms with Crippen molar-refractivity contribution in [3.05, 3.63) is 69.9 Å². The van der Waals surface area contributed by atoms with E-state index in [0.717, 1.165) is 16.6 Å². The first-order valence-corrected chi connectivity index (χ1v) is 9.36. The molecule has 0 spiro atoms. The molecular weight excluding hydrogens is 372 g/mol. The Morgan fingerprint density at radius 3 is 2.48 bits per heavy atom. The van der Waals surface area contributed by atoms with Crippen molar-refractivity contribution in [2.75, 3.05) is 31.1 Å². The minimum absolute atomic E-state index is 0.0333. The lowest BCUT2D eigenvalue weighted by atomic mass is 10.1. The molecule has 1 aliphatic heterocycles. The summed E-state index contributed by atoms with van der Waals surface area (Å²) in [6.07, 6.45) is 0. The standard InChI is InChI=1S/C21H20N4O4/c1-14-19(17-7-2-3-8-18(17)22-14)20(26)21(27)24-11-9-23(10-12-24)15-5-4-6-16(13-15)25(28)29/h2-8,13,22H,9-12H2,1H3. The molecule has 148 valence electrons. The third-order valence-corrected chi connectivity index (χ3v) is 5.29. The molecule has 0 atom stereocenters. The molecule has 1 aromatic heterocycles. The fourth-order valence-corrected chi connectivity index (χ4v) is 3.79. The number of Topliss-reactive ketones (excluding diaryl/α,β-unsaturated/α-hetero) is 1. The molecule has 2 heterocycles. The normalized spacial score (nSPS) is 14.2. The second-order valence-electron chi connectivity index (χ2n) is 7.06. The smallest absolute Gasteiger partial charge is 0.295 e. The highest BCUT2D eigenvalue weighted by atomic mass is 16.6. The number of ketones is 1. The van der Waals surface area contributed by atoms with Crippen LogP contribution in [0.3, 0.4) is 0 Å². The summed E-state index contributed by atoms with van der Waals surface area (Å²) in [6.45, 7) is 3.57. The van der Waals surface area contributed by atoms with Gasteiger partial charge in [-0.25, -0.2) is 0 Å². The van der Waals surface area contributed by atoms with Gasteiger partial charge in [-0.2, -0.15) is 0 Å². The summed E-state index contributed by atoms with van der Waals surface area (Å²) in [7, 11) is 0. The van der Waals surface area contributed by atoms with Gasteiger partial charge < -0.3 is 14.8 Å². The molecule has 3 aromatic rings. The van der Waals surface area contributed by atoms with E-state index in [1.54, 1.807) is 17.9 Å². The van der Waals surface area contributed by atoms with Crippen molar-refractivity contribution < 1.29 is 14.5 Å². The van der Waals surface area contributed by atoms with Crippen LogP contribution in [0.4, 0.5) is 11.4 Å². The number of fused-ring (bicyclic) bond motifs is 1. The first-order valence-electron chi connectivity index (χ1n) is 9.36. The van der Waals surface area contributed by atoms with Crippen molar-refractivity contribution in [2.45, 2.75) is 6.92 Å². The van der Waals surface area contributed by atoms with Crippen LogP contribution in [-0.4, -0.2) is 52.7 Å². The van der Waals surface area contributed by atoms with Gasteiger partial charge in [-0.3, -0.25) is 19.7 Å². The summed E-state index contributed by atoms with van der Waals surface area (Å²) < 4.78 is 0. The van der Waals surface area contributed by atoms with Crippen molar-refractivity contribution in [3.8, 4) is 0 Å². The van der Waals surface area contributed by atoms with Gasteiger partial charge in [-0.05, 0) is 19.1 Å². The van der Waals surface area contributed by atoms with Gasteiger partial charge in [-0.15, -0.1) is 0 Å². The van der Waals surface area contributed by atoms with Crippen LogP contribution in [0.1, 0.15) is 16.1 Å². The number of nitrogens with one attached hydrogen (secondary N) is 1. The van der Waals surface area contributed by atoms with Gasteiger partial charge in [0, 0.05) is 60.6 Å². The zero-order chi connectivity index (χ0) is 20.5. The molecule has 1 amide bonds. The number of carbonyl (C=O) groups is 2. The van der Waals surface area contributed by atoms with Gasteiger partial charge in [-0.1, -0.05) is 24.3 Å². The number of aromatic amines is 1. The Labute approximate surface area is 166 Å². The van der Waals surface area contributed by atoms with Gasteiger partial charge in [0.1, 0.15) is 0 Å². The number of H-pyrrole nitrogens is 1. The van der Waals surface area contributed by atoms with E-state index in [1.807, 2.05) is 35.2 Å². The number of nitro groups is 1. The van der Waals surface area contributed by atoms with Crippen LogP contribution in [0.25, 0.3) is 10.9 Å². The van der Waals surface area contributed by atoms with E-state index >= 15 is 0 Å². The third kappa shape index (κ3) is 3.44. The number of anilines is 1. The summed E-state index contributed by atoms with van der Waals surface area (Å²) in [4.78, 5) is 43.0. The van der Waals surface area contributed by atoms with Gasteiger partial charge in [0.15, 0.2) is 0 Å². The number of aryl methyl sites for hydroxylation is 1. The Morgan fingerprint density at radius 1 is 1.03 bits per heavy atom. The summed E-state index contributed by atoms with van der Waals surface area (Å²) >= 11 is 0. The van der Waals surface area contributed by atoms with Crippen LogP contribution in [-0.2, 0) is 4.79 Å². The lowest BCUT2D eigenvalue weighted by molar-refractivity contribution is -0.384. The zero-order valence-corrected chi connectivity index (χ0v) is 15.9. The Bertz CT molecular complexity index is 1110. The van der Waals surface area contributed by atoms with E-state index in [2.05, 4.69) is 4.98 Å². The zero-order valence-electron chi connectivity index (χ0n) is 15.9. The Hall–Kier alpha value is -3.68. The SMILES string of the molecule is Cc1[nH]c2ccccc2c1C(=O)C(=O)N1CCN(c2cccc([N+](=O)[O-])c2)CC1. The van der Waals surface area contributed by atoms with Crippen molar-refractivity contribution in [1.29, 1.82) is 0 Å². The van der Waals surface area contributed by atoms with Crippen molar-refractivity contribution in [1.82, 2.24) is 9.88 Å². The van der Waals surface area contributed by atoms with Crippen LogP contribution >= 0.6 is 0 Å². The molecule has 8 heteroatoms. The maximum Gasteiger partial charge on any atom is 0.295 e. The fourth-order valence-electron chi connectivity index (χ4n) is 3.79. The molecule has 1 saturated heterocycles. The number of non-ortho nitro benzene ring substituents is 1. The van der Waals surface area contributed by atoms with Crippen molar-refractivity contribution in [3.63, 3.8) is 0 Å². The minimum atomic E-state index is -0.517. The number of carbonyl (C=O) groups excluding carboxylic acids is 2. The summed E-state index contributed by atoms with van der Waals surface area (Å²) in [5, 5.41) is 11.7. The first-order chi connectivity index (χ1) is 14.0. The topological polar surface area (TPSA) is 99.6 Å². The monoisotopic (exact) mass is 392 g/mol. The lowest BCUT2D eigenvalue weighted by Gasteiger charge is -2.35. The largest absolute Gasteiger partial charge is 0.368 e. The number of nitro benzene ring substituents is 1.